The fourth-order valence-electron chi connectivity index (χ4n) is 2.32. The summed E-state index contributed by atoms with van der Waals surface area (Å²) in [5, 5.41) is 0.550. The summed E-state index contributed by atoms with van der Waals surface area (Å²) in [7, 11) is 2.17. The van der Waals surface area contributed by atoms with Crippen molar-refractivity contribution in [3.05, 3.63) is 17.0 Å². The molecule has 2 unspecified atom stereocenters. The van der Waals surface area contributed by atoms with E-state index in [1.54, 1.807) is 6.33 Å². The van der Waals surface area contributed by atoms with Gasteiger partial charge in [0.1, 0.15) is 17.3 Å². The second-order valence-electron chi connectivity index (χ2n) is 4.88. The van der Waals surface area contributed by atoms with Crippen molar-refractivity contribution < 1.29 is 0 Å². The van der Waals surface area contributed by atoms with Gasteiger partial charge in [-0.15, -0.1) is 0 Å². The summed E-state index contributed by atoms with van der Waals surface area (Å²) in [5.41, 5.74) is 0.970. The highest BCUT2D eigenvalue weighted by atomic mass is 35.5. The molecule has 0 amide bonds. The maximum atomic E-state index is 6.05. The Bertz CT molecular complexity index is 397. The molecule has 2 heterocycles. The first-order valence-electron chi connectivity index (χ1n) is 5.94. The molecule has 94 valence electrons. The molecule has 0 bridgehead atoms. The first kappa shape index (κ1) is 12.6. The molecule has 4 nitrogen and oxygen atoms in total. The Morgan fingerprint density at radius 3 is 2.41 bits per heavy atom. The number of anilines is 1. The Morgan fingerprint density at radius 2 is 1.82 bits per heavy atom. The lowest BCUT2D eigenvalue weighted by atomic mass is 10.1. The number of rotatable bonds is 1. The van der Waals surface area contributed by atoms with Crippen LogP contribution in [-0.4, -0.2) is 47.1 Å². The average molecular weight is 255 g/mol. The molecular formula is C12H19ClN4. The van der Waals surface area contributed by atoms with Gasteiger partial charge in [0.05, 0.1) is 0 Å². The van der Waals surface area contributed by atoms with Crippen LogP contribution in [0.3, 0.4) is 0 Å². The van der Waals surface area contributed by atoms with Crippen molar-refractivity contribution in [3.8, 4) is 0 Å². The number of piperazine rings is 1. The van der Waals surface area contributed by atoms with Crippen molar-refractivity contribution in [2.24, 2.45) is 0 Å². The van der Waals surface area contributed by atoms with Crippen molar-refractivity contribution >= 4 is 17.4 Å². The topological polar surface area (TPSA) is 32.3 Å². The maximum absolute atomic E-state index is 6.05. The van der Waals surface area contributed by atoms with Gasteiger partial charge in [-0.25, -0.2) is 9.97 Å². The van der Waals surface area contributed by atoms with E-state index in [4.69, 9.17) is 11.6 Å². The van der Waals surface area contributed by atoms with Crippen LogP contribution in [0.2, 0.25) is 5.15 Å². The third-order valence-electron chi connectivity index (χ3n) is 3.66. The summed E-state index contributed by atoms with van der Waals surface area (Å²) >= 11 is 6.05. The number of aromatic nitrogens is 2. The highest BCUT2D eigenvalue weighted by molar-refractivity contribution is 6.30. The van der Waals surface area contributed by atoms with E-state index < -0.39 is 0 Å². The van der Waals surface area contributed by atoms with Crippen LogP contribution in [0.4, 0.5) is 5.82 Å². The first-order valence-corrected chi connectivity index (χ1v) is 6.32. The second kappa shape index (κ2) is 4.78. The van der Waals surface area contributed by atoms with Gasteiger partial charge in [-0.1, -0.05) is 11.6 Å². The van der Waals surface area contributed by atoms with E-state index in [2.05, 4.69) is 40.7 Å². The summed E-state index contributed by atoms with van der Waals surface area (Å²) in [6.45, 7) is 8.41. The minimum atomic E-state index is 0.520. The normalized spacial score (nSPS) is 26.3. The molecule has 0 spiro atoms. The molecule has 0 radical (unpaired) electrons. The SMILES string of the molecule is Cc1c(Cl)ncnc1N1CC(C)N(C)C(C)C1. The molecule has 1 saturated heterocycles. The zero-order chi connectivity index (χ0) is 12.6. The third kappa shape index (κ3) is 2.38. The molecule has 1 aromatic heterocycles. The number of hydrogen-bond donors (Lipinski definition) is 0. The maximum Gasteiger partial charge on any atom is 0.137 e. The molecule has 0 aromatic carbocycles. The van der Waals surface area contributed by atoms with Gasteiger partial charge in [-0.05, 0) is 27.8 Å². The molecule has 0 aliphatic carbocycles. The van der Waals surface area contributed by atoms with Gasteiger partial charge in [0.2, 0.25) is 0 Å². The molecule has 2 atom stereocenters. The highest BCUT2D eigenvalue weighted by Gasteiger charge is 2.28. The lowest BCUT2D eigenvalue weighted by molar-refractivity contribution is 0.169. The average Bonchev–Trinajstić information content (AvgIpc) is 2.29. The van der Waals surface area contributed by atoms with Crippen LogP contribution in [-0.2, 0) is 0 Å². The molecule has 1 aliphatic heterocycles. The molecule has 1 fully saturated rings. The lowest BCUT2D eigenvalue weighted by Gasteiger charge is -2.43. The first-order chi connectivity index (χ1) is 8.00. The van der Waals surface area contributed by atoms with E-state index >= 15 is 0 Å². The molecule has 0 saturated carbocycles. The van der Waals surface area contributed by atoms with Crippen LogP contribution in [0, 0.1) is 6.92 Å². The highest BCUT2D eigenvalue weighted by Crippen LogP contribution is 2.25. The number of hydrogen-bond acceptors (Lipinski definition) is 4. The van der Waals surface area contributed by atoms with Crippen molar-refractivity contribution in [2.75, 3.05) is 25.0 Å². The molecule has 0 N–H and O–H groups in total. The minimum Gasteiger partial charge on any atom is -0.353 e. The fraction of sp³-hybridized carbons (Fsp3) is 0.667. The number of likely N-dealkylation sites (N-methyl/N-ethyl adjacent to an activating group) is 1. The van der Waals surface area contributed by atoms with Gasteiger partial charge >= 0.3 is 0 Å². The van der Waals surface area contributed by atoms with Crippen molar-refractivity contribution in [1.82, 2.24) is 14.9 Å². The van der Waals surface area contributed by atoms with Gasteiger partial charge in [-0.2, -0.15) is 0 Å². The summed E-state index contributed by atoms with van der Waals surface area (Å²) in [6, 6.07) is 1.04. The van der Waals surface area contributed by atoms with Gasteiger partial charge < -0.3 is 4.90 Å². The third-order valence-corrected chi connectivity index (χ3v) is 4.04. The summed E-state index contributed by atoms with van der Waals surface area (Å²) in [6.07, 6.45) is 1.54. The Kier molecular flexibility index (Phi) is 3.54. The molecule has 1 aliphatic rings. The predicted molar refractivity (Wildman–Crippen MR) is 70.7 cm³/mol. The van der Waals surface area contributed by atoms with Crippen molar-refractivity contribution in [2.45, 2.75) is 32.9 Å². The van der Waals surface area contributed by atoms with E-state index in [1.807, 2.05) is 6.92 Å². The summed E-state index contributed by atoms with van der Waals surface area (Å²) in [5.74, 6) is 0.969. The Morgan fingerprint density at radius 1 is 1.24 bits per heavy atom. The van der Waals surface area contributed by atoms with Gasteiger partial charge in [0.25, 0.3) is 0 Å². The molecule has 5 heteroatoms. The summed E-state index contributed by atoms with van der Waals surface area (Å²) < 4.78 is 0. The second-order valence-corrected chi connectivity index (χ2v) is 5.24. The Balaban J connectivity index is 2.26. The quantitative estimate of drug-likeness (QED) is 0.718. The monoisotopic (exact) mass is 254 g/mol. The zero-order valence-electron chi connectivity index (χ0n) is 10.8. The summed E-state index contributed by atoms with van der Waals surface area (Å²) in [4.78, 5) is 13.1. The van der Waals surface area contributed by atoms with E-state index in [0.717, 1.165) is 24.5 Å². The van der Waals surface area contributed by atoms with Crippen LogP contribution in [0.25, 0.3) is 0 Å². The predicted octanol–water partition coefficient (Wildman–Crippen LogP) is 1.97. The van der Waals surface area contributed by atoms with E-state index in [0.29, 0.717) is 17.2 Å². The van der Waals surface area contributed by atoms with Crippen molar-refractivity contribution in [1.29, 1.82) is 0 Å². The van der Waals surface area contributed by atoms with Crippen LogP contribution in [0.15, 0.2) is 6.33 Å². The van der Waals surface area contributed by atoms with Gasteiger partial charge in [0, 0.05) is 30.7 Å². The Hall–Kier alpha value is -0.870. The van der Waals surface area contributed by atoms with E-state index in [-0.39, 0.29) is 0 Å². The Labute approximate surface area is 108 Å². The van der Waals surface area contributed by atoms with Crippen LogP contribution < -0.4 is 4.90 Å². The van der Waals surface area contributed by atoms with Crippen LogP contribution >= 0.6 is 11.6 Å². The molecular weight excluding hydrogens is 236 g/mol. The standard InChI is InChI=1S/C12H19ClN4/c1-8-5-17(6-9(2)16(8)4)12-10(3)11(13)14-7-15-12/h7-9H,5-6H2,1-4H3. The number of halogens is 1. The van der Waals surface area contributed by atoms with Gasteiger partial charge in [0.15, 0.2) is 0 Å². The largest absolute Gasteiger partial charge is 0.353 e. The lowest BCUT2D eigenvalue weighted by Crippen LogP contribution is -2.55. The smallest absolute Gasteiger partial charge is 0.137 e. The van der Waals surface area contributed by atoms with Crippen molar-refractivity contribution in [3.63, 3.8) is 0 Å². The van der Waals surface area contributed by atoms with E-state index in [9.17, 15) is 0 Å². The van der Waals surface area contributed by atoms with Crippen LogP contribution in [0.1, 0.15) is 19.4 Å². The molecule has 1 aromatic rings. The number of nitrogens with zero attached hydrogens (tertiary/aromatic N) is 4. The van der Waals surface area contributed by atoms with E-state index in [1.165, 1.54) is 0 Å². The van der Waals surface area contributed by atoms with Crippen LogP contribution in [0.5, 0.6) is 0 Å². The molecule has 2 rings (SSSR count). The molecule has 17 heavy (non-hydrogen) atoms. The minimum absolute atomic E-state index is 0.520. The zero-order valence-corrected chi connectivity index (χ0v) is 11.6. The fourth-order valence-corrected chi connectivity index (χ4v) is 2.44. The van der Waals surface area contributed by atoms with Gasteiger partial charge in [-0.3, -0.25) is 4.90 Å².